The number of carbonyl (C=O) groups excluding carboxylic acids is 12. The maximum absolute atomic E-state index is 12.8. The molecule has 0 aromatic rings. The molecule has 0 fully saturated rings. The molecule has 44 heteroatoms. The lowest BCUT2D eigenvalue weighted by Gasteiger charge is -2.20. The average Bonchev–Trinajstić information content (AvgIpc) is 0.891. The van der Waals surface area contributed by atoms with Crippen LogP contribution in [0.3, 0.4) is 0 Å². The van der Waals surface area contributed by atoms with E-state index in [4.69, 9.17) is 0 Å². The highest BCUT2D eigenvalue weighted by atomic mass is 19.4. The van der Waals surface area contributed by atoms with Gasteiger partial charge in [-0.3, -0.25) is 28.8 Å². The van der Waals surface area contributed by atoms with Gasteiger partial charge in [-0.1, -0.05) is 62.3 Å². The summed E-state index contributed by atoms with van der Waals surface area (Å²) in [4.78, 5) is 133. The van der Waals surface area contributed by atoms with Crippen molar-refractivity contribution in [3.8, 4) is 0 Å². The first kappa shape index (κ1) is 110. The van der Waals surface area contributed by atoms with E-state index < -0.39 is 240 Å². The first-order chi connectivity index (χ1) is 47.9. The molecule has 24 nitrogen and oxygen atoms in total. The van der Waals surface area contributed by atoms with Gasteiger partial charge in [0.15, 0.2) is 79.3 Å². The maximum atomic E-state index is 12.8. The van der Waals surface area contributed by atoms with Crippen LogP contribution in [0.2, 0.25) is 0 Å². The molecular weight excluding hydrogens is 1520 g/mol. The van der Waals surface area contributed by atoms with Crippen molar-refractivity contribution in [2.24, 2.45) is 34.0 Å². The lowest BCUT2D eigenvalue weighted by molar-refractivity contribution is -0.205. The van der Waals surface area contributed by atoms with Crippen molar-refractivity contribution in [3.63, 3.8) is 0 Å². The van der Waals surface area contributed by atoms with Crippen LogP contribution in [0.15, 0.2) is 0 Å². The Morgan fingerprint density at radius 1 is 0.252 bits per heavy atom. The van der Waals surface area contributed by atoms with Gasteiger partial charge in [-0.15, -0.1) is 0 Å². The van der Waals surface area contributed by atoms with Crippen molar-refractivity contribution in [2.75, 3.05) is 79.3 Å². The van der Waals surface area contributed by atoms with E-state index in [0.717, 1.165) is 0 Å². The van der Waals surface area contributed by atoms with Crippen molar-refractivity contribution < 1.29 is 202 Å². The topological polar surface area (TPSA) is 316 Å². The molecule has 0 saturated carbocycles. The van der Waals surface area contributed by atoms with Gasteiger partial charge in [0.2, 0.25) is 0 Å². The van der Waals surface area contributed by atoms with E-state index in [1.165, 1.54) is 6.92 Å². The molecule has 0 aliphatic heterocycles. The SMILES string of the molecule is CCC(C)(C)C(=O)OCC(=O)OCC(C)(F)F.CCC(C)(C)C(=O)OCC(=O)OCC(F)(F)CC(F)(F)F.CCC(C)(C)C(=O)OCC(=O)OCC(F)(F)F.CCC(C)C(=O)OCC(=O)OCC(C)(F)F.CCC(C)C(=O)OCC(=O)OCC(F)(F)CC(F)(F)F.CCC(C)C(=O)OCC(=O)OCC(F)(F)F. The first-order valence-electron chi connectivity index (χ1n) is 31.7. The molecule has 3 unspecified atom stereocenters. The second kappa shape index (κ2) is 50.8. The lowest BCUT2D eigenvalue weighted by atomic mass is 9.91. The molecule has 0 aliphatic rings. The van der Waals surface area contributed by atoms with E-state index in [1.54, 1.807) is 96.9 Å². The van der Waals surface area contributed by atoms with E-state index in [-0.39, 0.29) is 5.92 Å². The van der Waals surface area contributed by atoms with Crippen LogP contribution in [-0.4, -0.2) is 199 Å². The lowest BCUT2D eigenvalue weighted by Crippen LogP contribution is -2.33. The normalized spacial score (nSPS) is 12.9. The smallest absolute Gasteiger partial charge is 0.422 e. The molecule has 0 aromatic carbocycles. The Morgan fingerprint density at radius 2 is 0.430 bits per heavy atom. The Hall–Kier alpha value is -7.76. The van der Waals surface area contributed by atoms with Gasteiger partial charge in [0.05, 0.1) is 34.0 Å². The third kappa shape index (κ3) is 68.5. The predicted octanol–water partition coefficient (Wildman–Crippen LogP) is 13.5. The summed E-state index contributed by atoms with van der Waals surface area (Å²) in [7, 11) is 0. The van der Waals surface area contributed by atoms with Gasteiger partial charge in [0.1, 0.15) is 12.8 Å². The third-order valence-electron chi connectivity index (χ3n) is 12.9. The minimum absolute atomic E-state index is 0.319. The van der Waals surface area contributed by atoms with Gasteiger partial charge in [0.25, 0.3) is 23.7 Å². The van der Waals surface area contributed by atoms with Crippen LogP contribution >= 0.6 is 0 Å². The van der Waals surface area contributed by atoms with Crippen LogP contribution in [-0.2, 0) is 114 Å². The highest BCUT2D eigenvalue weighted by Crippen LogP contribution is 2.33. The summed E-state index contributed by atoms with van der Waals surface area (Å²) in [6.45, 7) is 12.7. The summed E-state index contributed by atoms with van der Waals surface area (Å²) in [5.41, 5.74) is -2.33. The minimum atomic E-state index is -5.08. The monoisotopic (exact) mass is 1610 g/mol. The zero-order valence-corrected chi connectivity index (χ0v) is 61.7. The van der Waals surface area contributed by atoms with Crippen LogP contribution < -0.4 is 0 Å². The molecular formula is C63H94F20O24. The fourth-order valence-corrected chi connectivity index (χ4v) is 4.76. The molecule has 107 heavy (non-hydrogen) atoms. The highest BCUT2D eigenvalue weighted by Gasteiger charge is 2.46. The summed E-state index contributed by atoms with van der Waals surface area (Å²) >= 11 is 0. The van der Waals surface area contributed by atoms with Crippen molar-refractivity contribution in [2.45, 2.75) is 217 Å². The zero-order chi connectivity index (χ0) is 85.8. The van der Waals surface area contributed by atoms with Crippen LogP contribution in [0.5, 0.6) is 0 Å². The van der Waals surface area contributed by atoms with Crippen LogP contribution in [0.4, 0.5) is 87.8 Å². The summed E-state index contributed by atoms with van der Waals surface area (Å²) in [5, 5.41) is 0. The Kier molecular flexibility index (Phi) is 52.3. The number of ether oxygens (including phenoxy) is 12. The highest BCUT2D eigenvalue weighted by molar-refractivity contribution is 5.82. The fraction of sp³-hybridized carbons (Fsp3) is 0.810. The Morgan fingerprint density at radius 3 is 0.589 bits per heavy atom. The van der Waals surface area contributed by atoms with Crippen molar-refractivity contribution in [1.29, 1.82) is 0 Å². The number of alkyl halides is 20. The van der Waals surface area contributed by atoms with Gasteiger partial charge in [0, 0.05) is 13.8 Å². The average molecular weight is 1620 g/mol. The van der Waals surface area contributed by atoms with Gasteiger partial charge >= 0.3 is 96.3 Å². The van der Waals surface area contributed by atoms with E-state index in [0.29, 0.717) is 52.4 Å². The summed E-state index contributed by atoms with van der Waals surface area (Å²) in [5.74, 6) is -26.7. The molecule has 0 aromatic heterocycles. The quantitative estimate of drug-likeness (QED) is 0.0319. The maximum Gasteiger partial charge on any atom is 0.422 e. The molecule has 0 aliphatic carbocycles. The second-order valence-electron chi connectivity index (χ2n) is 24.8. The summed E-state index contributed by atoms with van der Waals surface area (Å²) in [6.07, 6.45) is -21.1. The number of hydrogen-bond donors (Lipinski definition) is 0. The molecule has 0 N–H and O–H groups in total. The Labute approximate surface area is 603 Å². The molecule has 0 spiro atoms. The van der Waals surface area contributed by atoms with Crippen LogP contribution in [0.1, 0.15) is 169 Å². The van der Waals surface area contributed by atoms with Gasteiger partial charge in [-0.05, 0) is 80.1 Å². The second-order valence-corrected chi connectivity index (χ2v) is 24.8. The van der Waals surface area contributed by atoms with Crippen molar-refractivity contribution in [3.05, 3.63) is 0 Å². The van der Waals surface area contributed by atoms with Crippen molar-refractivity contribution >= 4 is 71.6 Å². The first-order valence-corrected chi connectivity index (χ1v) is 31.7. The van der Waals surface area contributed by atoms with E-state index in [2.05, 4.69) is 56.8 Å². The predicted molar refractivity (Wildman–Crippen MR) is 327 cm³/mol. The van der Waals surface area contributed by atoms with E-state index in [1.807, 2.05) is 0 Å². The molecule has 0 heterocycles. The molecule has 0 rings (SSSR count). The minimum Gasteiger partial charge on any atom is -0.457 e. The summed E-state index contributed by atoms with van der Waals surface area (Å²) < 4.78 is 292. The Balaban J connectivity index is -0.000000287. The Bertz CT molecular complexity index is 2590. The molecule has 0 radical (unpaired) electrons. The molecule has 0 saturated heterocycles. The standard InChI is InChI=1S/C12H17F5O4.C11H15F5O4.C11H18F2O4.C10H15F3O4.C10H16F2O4.C9H13F3O4/c1-4-10(2,3)9(19)20-5-8(18)21-7-11(13,14)6-12(15,16)17;1-3-7(2)9(18)19-4-8(17)20-6-10(12,13)5-11(14,15)16;1-5-10(2,3)9(15)16-6-8(14)17-7-11(4,12)13;1-4-9(2,3)8(15)16-5-7(14)17-6-10(11,12)13;1-4-7(2)9(14)15-5-8(13)16-6-10(3,11)12;1-3-6(2)8(14)15-4-7(13)16-5-9(10,11)12/h4-7H2,1-3H3;7H,3-6H2,1-2H3;5-7H2,1-4H3;4-6H2,1-3H3;7H,4-6H2,1-3H3;6H,3-5H2,1-2H3. The van der Waals surface area contributed by atoms with E-state index in [9.17, 15) is 145 Å². The number of hydrogen-bond acceptors (Lipinski definition) is 24. The zero-order valence-electron chi connectivity index (χ0n) is 61.7. The molecule has 0 bridgehead atoms. The number of rotatable bonds is 36. The largest absolute Gasteiger partial charge is 0.457 e. The number of esters is 12. The van der Waals surface area contributed by atoms with Crippen LogP contribution in [0.25, 0.3) is 0 Å². The fourth-order valence-electron chi connectivity index (χ4n) is 4.76. The van der Waals surface area contributed by atoms with Gasteiger partial charge in [-0.2, -0.15) is 52.7 Å². The molecule has 3 atom stereocenters. The molecule has 630 valence electrons. The number of halogens is 20. The molecule has 0 amide bonds. The van der Waals surface area contributed by atoms with Gasteiger partial charge < -0.3 is 56.8 Å². The third-order valence-corrected chi connectivity index (χ3v) is 12.9. The summed E-state index contributed by atoms with van der Waals surface area (Å²) in [6, 6.07) is 0. The van der Waals surface area contributed by atoms with E-state index >= 15 is 0 Å². The van der Waals surface area contributed by atoms with Gasteiger partial charge in [-0.25, -0.2) is 63.9 Å². The van der Waals surface area contributed by atoms with Crippen LogP contribution in [0, 0.1) is 34.0 Å². The van der Waals surface area contributed by atoms with Crippen molar-refractivity contribution in [1.82, 2.24) is 0 Å². The number of carbonyl (C=O) groups is 12.